The molecule has 0 fully saturated rings. The average Bonchev–Trinajstić information content (AvgIpc) is 2.59. The van der Waals surface area contributed by atoms with Gasteiger partial charge >= 0.3 is 5.97 Å². The van der Waals surface area contributed by atoms with E-state index in [1.165, 1.54) is 7.05 Å². The lowest BCUT2D eigenvalue weighted by Crippen LogP contribution is -2.38. The third-order valence-electron chi connectivity index (χ3n) is 2.79. The summed E-state index contributed by atoms with van der Waals surface area (Å²) in [6.07, 6.45) is 0. The van der Waals surface area contributed by atoms with Gasteiger partial charge in [0.15, 0.2) is 5.25 Å². The molecule has 1 aromatic rings. The maximum Gasteiger partial charge on any atom is 0.323 e. The minimum absolute atomic E-state index is 0.0428. The molecule has 1 aromatic heterocycles. The van der Waals surface area contributed by atoms with E-state index < -0.39 is 21.2 Å². The highest BCUT2D eigenvalue weighted by Gasteiger charge is 2.32. The Morgan fingerprint density at radius 1 is 1.50 bits per heavy atom. The Morgan fingerprint density at radius 2 is 2.06 bits per heavy atom. The molecular formula is C10H16N2O5S. The first kappa shape index (κ1) is 14.7. The second kappa shape index (κ2) is 5.07. The molecule has 0 bridgehead atoms. The number of aliphatic carboxylic acids is 1. The van der Waals surface area contributed by atoms with E-state index in [4.69, 9.17) is 9.63 Å². The van der Waals surface area contributed by atoms with E-state index in [0.29, 0.717) is 17.0 Å². The molecule has 1 atom stereocenters. The molecule has 8 heteroatoms. The molecule has 102 valence electrons. The van der Waals surface area contributed by atoms with Crippen molar-refractivity contribution in [1.82, 2.24) is 9.46 Å². The molecule has 0 aromatic carbocycles. The Kier molecular flexibility index (Phi) is 4.12. The van der Waals surface area contributed by atoms with Gasteiger partial charge in [0.2, 0.25) is 10.0 Å². The van der Waals surface area contributed by atoms with Crippen molar-refractivity contribution in [1.29, 1.82) is 0 Å². The lowest BCUT2D eigenvalue weighted by molar-refractivity contribution is -0.136. The number of hydrogen-bond acceptors (Lipinski definition) is 5. The van der Waals surface area contributed by atoms with Crippen LogP contribution in [0.15, 0.2) is 4.52 Å². The predicted octanol–water partition coefficient (Wildman–Crippen LogP) is 0.526. The molecule has 0 aliphatic carbocycles. The van der Waals surface area contributed by atoms with Gasteiger partial charge in [-0.05, 0) is 20.8 Å². The molecule has 0 saturated heterocycles. The fourth-order valence-corrected chi connectivity index (χ4v) is 2.54. The van der Waals surface area contributed by atoms with E-state index in [2.05, 4.69) is 5.16 Å². The van der Waals surface area contributed by atoms with Crippen LogP contribution in [0.3, 0.4) is 0 Å². The summed E-state index contributed by atoms with van der Waals surface area (Å²) in [5, 5.41) is 11.0. The summed E-state index contributed by atoms with van der Waals surface area (Å²) in [6, 6.07) is 0. The van der Waals surface area contributed by atoms with E-state index in [9.17, 15) is 13.2 Å². The lowest BCUT2D eigenvalue weighted by atomic mass is 10.2. The lowest BCUT2D eigenvalue weighted by Gasteiger charge is -2.19. The van der Waals surface area contributed by atoms with Crippen LogP contribution < -0.4 is 0 Å². The Labute approximate surface area is 105 Å². The minimum atomic E-state index is -3.88. The average molecular weight is 276 g/mol. The van der Waals surface area contributed by atoms with Crippen LogP contribution in [-0.4, -0.2) is 41.3 Å². The minimum Gasteiger partial charge on any atom is -0.480 e. The van der Waals surface area contributed by atoms with Gasteiger partial charge in [0.05, 0.1) is 5.69 Å². The second-order valence-electron chi connectivity index (χ2n) is 4.08. The second-order valence-corrected chi connectivity index (χ2v) is 6.44. The van der Waals surface area contributed by atoms with Gasteiger partial charge in [-0.25, -0.2) is 8.42 Å². The van der Waals surface area contributed by atoms with Gasteiger partial charge in [0.1, 0.15) is 5.76 Å². The Morgan fingerprint density at radius 3 is 2.44 bits per heavy atom. The Balaban J connectivity index is 2.96. The number of carboxylic acid groups (broad SMARTS) is 1. The summed E-state index contributed by atoms with van der Waals surface area (Å²) < 4.78 is 29.8. The number of aromatic nitrogens is 1. The van der Waals surface area contributed by atoms with Crippen LogP contribution >= 0.6 is 0 Å². The fraction of sp³-hybridized carbons (Fsp3) is 0.600. The van der Waals surface area contributed by atoms with Crippen LogP contribution in [0.2, 0.25) is 0 Å². The number of nitrogens with zero attached hydrogens (tertiary/aromatic N) is 2. The Hall–Kier alpha value is -1.41. The van der Waals surface area contributed by atoms with Gasteiger partial charge < -0.3 is 9.63 Å². The number of hydrogen-bond donors (Lipinski definition) is 1. The summed E-state index contributed by atoms with van der Waals surface area (Å²) in [5.74, 6) is -0.849. The molecular weight excluding hydrogens is 260 g/mol. The molecule has 7 nitrogen and oxygen atoms in total. The van der Waals surface area contributed by atoms with Gasteiger partial charge in [0.25, 0.3) is 0 Å². The highest BCUT2D eigenvalue weighted by molar-refractivity contribution is 7.90. The molecule has 1 unspecified atom stereocenters. The van der Waals surface area contributed by atoms with Crippen molar-refractivity contribution in [2.24, 2.45) is 0 Å². The maximum atomic E-state index is 11.9. The summed E-state index contributed by atoms with van der Waals surface area (Å²) in [6.45, 7) is 4.56. The molecule has 0 saturated carbocycles. The summed E-state index contributed by atoms with van der Waals surface area (Å²) >= 11 is 0. The van der Waals surface area contributed by atoms with E-state index in [0.717, 1.165) is 11.2 Å². The van der Waals surface area contributed by atoms with Crippen molar-refractivity contribution >= 4 is 16.0 Å². The number of sulfonamides is 1. The zero-order valence-electron chi connectivity index (χ0n) is 10.7. The van der Waals surface area contributed by atoms with Crippen LogP contribution in [0.1, 0.15) is 23.9 Å². The third-order valence-corrected chi connectivity index (χ3v) is 4.88. The zero-order chi connectivity index (χ0) is 14.1. The smallest absolute Gasteiger partial charge is 0.323 e. The van der Waals surface area contributed by atoms with Gasteiger partial charge in [-0.2, -0.15) is 4.31 Å². The van der Waals surface area contributed by atoms with Gasteiger partial charge in [-0.3, -0.25) is 4.79 Å². The molecule has 0 aliphatic heterocycles. The normalized spacial score (nSPS) is 13.8. The summed E-state index contributed by atoms with van der Waals surface area (Å²) in [5.41, 5.74) is 1.25. The molecule has 1 heterocycles. The predicted molar refractivity (Wildman–Crippen MR) is 63.5 cm³/mol. The molecule has 0 spiro atoms. The van der Waals surface area contributed by atoms with Crippen LogP contribution in [-0.2, 0) is 21.4 Å². The molecule has 0 radical (unpaired) electrons. The van der Waals surface area contributed by atoms with Gasteiger partial charge in [-0.15, -0.1) is 0 Å². The largest absolute Gasteiger partial charge is 0.480 e. The molecule has 1 rings (SSSR count). The van der Waals surface area contributed by atoms with Crippen LogP contribution in [0.4, 0.5) is 0 Å². The zero-order valence-corrected chi connectivity index (χ0v) is 11.5. The van der Waals surface area contributed by atoms with E-state index in [1.807, 2.05) is 0 Å². The first-order valence-electron chi connectivity index (χ1n) is 5.27. The SMILES string of the molecule is Cc1noc(C)c1CN(C)S(=O)(=O)C(C)C(=O)O. The monoisotopic (exact) mass is 276 g/mol. The van der Waals surface area contributed by atoms with Crippen LogP contribution in [0.5, 0.6) is 0 Å². The van der Waals surface area contributed by atoms with Crippen LogP contribution in [0, 0.1) is 13.8 Å². The van der Waals surface area contributed by atoms with Crippen molar-refractivity contribution in [2.75, 3.05) is 7.05 Å². The number of aryl methyl sites for hydroxylation is 2. The van der Waals surface area contributed by atoms with E-state index in [-0.39, 0.29) is 6.54 Å². The number of rotatable bonds is 5. The first-order valence-corrected chi connectivity index (χ1v) is 6.78. The third kappa shape index (κ3) is 2.70. The fourth-order valence-electron chi connectivity index (χ4n) is 1.44. The van der Waals surface area contributed by atoms with Crippen molar-refractivity contribution in [3.8, 4) is 0 Å². The maximum absolute atomic E-state index is 11.9. The highest BCUT2D eigenvalue weighted by atomic mass is 32.2. The van der Waals surface area contributed by atoms with Crippen molar-refractivity contribution < 1.29 is 22.8 Å². The molecule has 0 amide bonds. The topological polar surface area (TPSA) is 101 Å². The quantitative estimate of drug-likeness (QED) is 0.841. The first-order chi connectivity index (χ1) is 8.17. The van der Waals surface area contributed by atoms with E-state index >= 15 is 0 Å². The molecule has 0 aliphatic rings. The van der Waals surface area contributed by atoms with Crippen molar-refractivity contribution in [2.45, 2.75) is 32.6 Å². The summed E-state index contributed by atoms with van der Waals surface area (Å²) in [4.78, 5) is 10.8. The standard InChI is InChI=1S/C10H16N2O5S/c1-6-9(7(2)17-11-6)5-12(4)18(15,16)8(3)10(13)14/h8H,5H2,1-4H3,(H,13,14). The van der Waals surface area contributed by atoms with Crippen LogP contribution in [0.25, 0.3) is 0 Å². The molecule has 18 heavy (non-hydrogen) atoms. The summed E-state index contributed by atoms with van der Waals surface area (Å²) in [7, 11) is -2.55. The van der Waals surface area contributed by atoms with Gasteiger partial charge in [-0.1, -0.05) is 5.16 Å². The number of carbonyl (C=O) groups is 1. The van der Waals surface area contributed by atoms with E-state index in [1.54, 1.807) is 13.8 Å². The number of carboxylic acids is 1. The van der Waals surface area contributed by atoms with Crippen molar-refractivity contribution in [3.63, 3.8) is 0 Å². The Bertz CT molecular complexity index is 529. The molecule has 1 N–H and O–H groups in total. The van der Waals surface area contributed by atoms with Gasteiger partial charge in [0, 0.05) is 19.2 Å². The van der Waals surface area contributed by atoms with Crippen molar-refractivity contribution in [3.05, 3.63) is 17.0 Å². The highest BCUT2D eigenvalue weighted by Crippen LogP contribution is 2.17.